The normalized spacial score (nSPS) is 13.9. The molecule has 4 nitrogen and oxygen atoms in total. The number of carboxylic acids is 2. The van der Waals surface area contributed by atoms with Crippen molar-refractivity contribution in [2.24, 2.45) is 11.8 Å². The number of hydrogen-bond acceptors (Lipinski definition) is 2. The third-order valence-electron chi connectivity index (χ3n) is 5.19. The largest absolute Gasteiger partial charge is 0.481 e. The van der Waals surface area contributed by atoms with Crippen molar-refractivity contribution in [2.45, 2.75) is 65.7 Å². The molecule has 30 heavy (non-hydrogen) atoms. The standard InChI is InChI=1S/2C13H18O2/c1-9(2)8-11-4-6-12(7-5-11)10(3)13(14)15;1-10(2)9-13(3,12(14)15)11-7-5-4-6-8-11/h4-7,9-10H,8H2,1-3H3,(H,14,15);4-8,10H,9H2,1-3H3,(H,14,15). The van der Waals surface area contributed by atoms with Crippen LogP contribution in [-0.4, -0.2) is 22.2 Å². The molecule has 2 N–H and O–H groups in total. The molecule has 0 aliphatic heterocycles. The summed E-state index contributed by atoms with van der Waals surface area (Å²) in [4.78, 5) is 22.1. The molecule has 0 radical (unpaired) electrons. The molecule has 2 unspecified atom stereocenters. The number of carboxylic acid groups (broad SMARTS) is 2. The van der Waals surface area contributed by atoms with E-state index in [2.05, 4.69) is 13.8 Å². The van der Waals surface area contributed by atoms with E-state index in [0.717, 1.165) is 17.5 Å². The van der Waals surface area contributed by atoms with E-state index in [1.807, 2.05) is 68.4 Å². The van der Waals surface area contributed by atoms with Gasteiger partial charge in [0.25, 0.3) is 0 Å². The van der Waals surface area contributed by atoms with Gasteiger partial charge in [-0.1, -0.05) is 82.3 Å². The Morgan fingerprint density at radius 1 is 0.833 bits per heavy atom. The first-order valence-corrected chi connectivity index (χ1v) is 10.6. The Kier molecular flexibility index (Phi) is 9.77. The molecule has 2 aromatic carbocycles. The van der Waals surface area contributed by atoms with Crippen molar-refractivity contribution >= 4 is 11.9 Å². The van der Waals surface area contributed by atoms with E-state index < -0.39 is 23.3 Å². The van der Waals surface area contributed by atoms with Crippen molar-refractivity contribution in [3.8, 4) is 0 Å². The van der Waals surface area contributed by atoms with Crippen LogP contribution in [0.3, 0.4) is 0 Å². The lowest BCUT2D eigenvalue weighted by molar-refractivity contribution is -0.144. The fourth-order valence-corrected chi connectivity index (χ4v) is 3.51. The van der Waals surface area contributed by atoms with Crippen LogP contribution in [0.4, 0.5) is 0 Å². The molecule has 0 fully saturated rings. The Balaban J connectivity index is 0.000000300. The molecular formula is C26H36O4. The van der Waals surface area contributed by atoms with Crippen molar-refractivity contribution in [3.63, 3.8) is 0 Å². The Hall–Kier alpha value is -2.62. The lowest BCUT2D eigenvalue weighted by Gasteiger charge is -2.27. The lowest BCUT2D eigenvalue weighted by atomic mass is 9.76. The second-order valence-corrected chi connectivity index (χ2v) is 9.00. The first kappa shape index (κ1) is 25.4. The maximum atomic E-state index is 11.4. The third-order valence-corrected chi connectivity index (χ3v) is 5.19. The minimum Gasteiger partial charge on any atom is -0.481 e. The Labute approximate surface area is 181 Å². The minimum absolute atomic E-state index is 0.367. The molecule has 164 valence electrons. The van der Waals surface area contributed by atoms with Crippen LogP contribution in [0.1, 0.15) is 70.6 Å². The number of carbonyl (C=O) groups is 2. The average molecular weight is 413 g/mol. The predicted octanol–water partition coefficient (Wildman–Crippen LogP) is 6.15. The fourth-order valence-electron chi connectivity index (χ4n) is 3.51. The van der Waals surface area contributed by atoms with E-state index in [1.54, 1.807) is 13.8 Å². The molecule has 2 aromatic rings. The van der Waals surface area contributed by atoms with Crippen molar-refractivity contribution in [1.82, 2.24) is 0 Å². The molecule has 0 spiro atoms. The highest BCUT2D eigenvalue weighted by Crippen LogP contribution is 2.31. The first-order valence-electron chi connectivity index (χ1n) is 10.6. The van der Waals surface area contributed by atoms with Crippen LogP contribution >= 0.6 is 0 Å². The molecule has 0 bridgehead atoms. The van der Waals surface area contributed by atoms with Crippen LogP contribution in [-0.2, 0) is 21.4 Å². The third kappa shape index (κ3) is 7.66. The summed E-state index contributed by atoms with van der Waals surface area (Å²) in [7, 11) is 0. The van der Waals surface area contributed by atoms with Gasteiger partial charge < -0.3 is 10.2 Å². The summed E-state index contributed by atoms with van der Waals surface area (Å²) >= 11 is 0. The lowest BCUT2D eigenvalue weighted by Crippen LogP contribution is -2.33. The zero-order chi connectivity index (χ0) is 22.9. The van der Waals surface area contributed by atoms with Gasteiger partial charge in [-0.3, -0.25) is 9.59 Å². The summed E-state index contributed by atoms with van der Waals surface area (Å²) in [5.41, 5.74) is 2.25. The Bertz CT molecular complexity index is 794. The average Bonchev–Trinajstić information content (AvgIpc) is 2.68. The molecule has 0 heterocycles. The van der Waals surface area contributed by atoms with E-state index in [4.69, 9.17) is 5.11 Å². The second kappa shape index (κ2) is 11.5. The number of aliphatic carboxylic acids is 2. The van der Waals surface area contributed by atoms with Crippen molar-refractivity contribution < 1.29 is 19.8 Å². The van der Waals surface area contributed by atoms with Gasteiger partial charge in [-0.25, -0.2) is 0 Å². The SMILES string of the molecule is CC(C)CC(C)(C(=O)O)c1ccccc1.CC(C)Cc1ccc(C(C)C(=O)O)cc1. The van der Waals surface area contributed by atoms with Crippen LogP contribution in [0.15, 0.2) is 54.6 Å². The van der Waals surface area contributed by atoms with E-state index in [1.165, 1.54) is 5.56 Å². The molecule has 0 aliphatic carbocycles. The van der Waals surface area contributed by atoms with Gasteiger partial charge in [0, 0.05) is 0 Å². The molecule has 4 heteroatoms. The maximum Gasteiger partial charge on any atom is 0.313 e. The summed E-state index contributed by atoms with van der Waals surface area (Å²) in [5, 5.41) is 18.2. The maximum absolute atomic E-state index is 11.4. The van der Waals surface area contributed by atoms with Gasteiger partial charge in [0.1, 0.15) is 0 Å². The molecular weight excluding hydrogens is 376 g/mol. The highest BCUT2D eigenvalue weighted by molar-refractivity contribution is 5.80. The highest BCUT2D eigenvalue weighted by atomic mass is 16.4. The highest BCUT2D eigenvalue weighted by Gasteiger charge is 2.35. The van der Waals surface area contributed by atoms with E-state index >= 15 is 0 Å². The van der Waals surface area contributed by atoms with Gasteiger partial charge in [-0.2, -0.15) is 0 Å². The molecule has 0 saturated carbocycles. The summed E-state index contributed by atoms with van der Waals surface area (Å²) in [5.74, 6) is -0.939. The van der Waals surface area contributed by atoms with E-state index in [-0.39, 0.29) is 0 Å². The van der Waals surface area contributed by atoms with Gasteiger partial charge in [0.15, 0.2) is 0 Å². The predicted molar refractivity (Wildman–Crippen MR) is 122 cm³/mol. The van der Waals surface area contributed by atoms with Crippen LogP contribution in [0.2, 0.25) is 0 Å². The van der Waals surface area contributed by atoms with Crippen LogP contribution < -0.4 is 0 Å². The van der Waals surface area contributed by atoms with Gasteiger partial charge >= 0.3 is 11.9 Å². The molecule has 0 saturated heterocycles. The molecule has 2 rings (SSSR count). The van der Waals surface area contributed by atoms with Gasteiger partial charge in [-0.05, 0) is 55.2 Å². The zero-order valence-electron chi connectivity index (χ0n) is 19.1. The second-order valence-electron chi connectivity index (χ2n) is 9.00. The molecule has 0 aromatic heterocycles. The molecule has 0 amide bonds. The van der Waals surface area contributed by atoms with E-state index in [9.17, 15) is 14.7 Å². The smallest absolute Gasteiger partial charge is 0.313 e. The first-order chi connectivity index (χ1) is 14.0. The van der Waals surface area contributed by atoms with Crippen LogP contribution in [0, 0.1) is 11.8 Å². The van der Waals surface area contributed by atoms with Crippen molar-refractivity contribution in [2.75, 3.05) is 0 Å². The van der Waals surface area contributed by atoms with Crippen LogP contribution in [0.5, 0.6) is 0 Å². The molecule has 2 atom stereocenters. The fraction of sp³-hybridized carbons (Fsp3) is 0.462. The summed E-state index contributed by atoms with van der Waals surface area (Å²) in [6, 6.07) is 17.3. The molecule has 0 aliphatic rings. The van der Waals surface area contributed by atoms with Crippen molar-refractivity contribution in [1.29, 1.82) is 0 Å². The van der Waals surface area contributed by atoms with Crippen molar-refractivity contribution in [3.05, 3.63) is 71.3 Å². The van der Waals surface area contributed by atoms with Gasteiger partial charge in [0.2, 0.25) is 0 Å². The summed E-state index contributed by atoms with van der Waals surface area (Å²) < 4.78 is 0. The van der Waals surface area contributed by atoms with E-state index in [0.29, 0.717) is 18.3 Å². The number of rotatable bonds is 8. The Morgan fingerprint density at radius 3 is 1.77 bits per heavy atom. The minimum atomic E-state index is -0.772. The summed E-state index contributed by atoms with van der Waals surface area (Å²) in [6.45, 7) is 11.9. The zero-order valence-corrected chi connectivity index (χ0v) is 19.1. The summed E-state index contributed by atoms with van der Waals surface area (Å²) in [6.07, 6.45) is 1.70. The van der Waals surface area contributed by atoms with Crippen LogP contribution in [0.25, 0.3) is 0 Å². The number of hydrogen-bond donors (Lipinski definition) is 2. The van der Waals surface area contributed by atoms with Gasteiger partial charge in [0.05, 0.1) is 11.3 Å². The monoisotopic (exact) mass is 412 g/mol. The topological polar surface area (TPSA) is 74.6 Å². The quantitative estimate of drug-likeness (QED) is 0.545. The Morgan fingerprint density at radius 2 is 1.37 bits per heavy atom. The van der Waals surface area contributed by atoms with Gasteiger partial charge in [-0.15, -0.1) is 0 Å². The number of benzene rings is 2.